The predicted octanol–water partition coefficient (Wildman–Crippen LogP) is 10.6. The Hall–Kier alpha value is -0.500. The van der Waals surface area contributed by atoms with Crippen LogP contribution in [0.1, 0.15) is 187 Å². The highest BCUT2D eigenvalue weighted by Crippen LogP contribution is 2.43. The summed E-state index contributed by atoms with van der Waals surface area (Å²) in [6.07, 6.45) is 32.5. The average Bonchev–Trinajstić information content (AvgIpc) is 3.02. The number of esters is 1. The maximum Gasteiger partial charge on any atom is 0.472 e. The Kier molecular flexibility index (Phi) is 34.4. The summed E-state index contributed by atoms with van der Waals surface area (Å²) in [6.45, 7) is 4.95. The van der Waals surface area contributed by atoms with Crippen LogP contribution in [0.3, 0.4) is 0 Å². The second-order valence-electron chi connectivity index (χ2n) is 12.8. The molecule has 0 aliphatic rings. The molecule has 0 bridgehead atoms. The lowest BCUT2D eigenvalue weighted by Gasteiger charge is -2.20. The van der Waals surface area contributed by atoms with E-state index in [0.717, 1.165) is 32.1 Å². The minimum absolute atomic E-state index is 0.0905. The van der Waals surface area contributed by atoms with Crippen LogP contribution >= 0.6 is 7.82 Å². The van der Waals surface area contributed by atoms with Gasteiger partial charge < -0.3 is 20.1 Å². The normalized spacial score (nSPS) is 13.6. The summed E-state index contributed by atoms with van der Waals surface area (Å²) in [6, 6.07) is 0. The molecule has 0 saturated heterocycles. The molecule has 0 aromatic carbocycles. The minimum Gasteiger partial charge on any atom is -0.457 e. The van der Waals surface area contributed by atoms with Crippen molar-refractivity contribution >= 4 is 13.8 Å². The number of hydrogen-bond donors (Lipinski definition) is 2. The van der Waals surface area contributed by atoms with Crippen molar-refractivity contribution in [3.8, 4) is 0 Å². The molecule has 2 atom stereocenters. The van der Waals surface area contributed by atoms with E-state index in [-0.39, 0.29) is 32.3 Å². The van der Waals surface area contributed by atoms with E-state index in [4.69, 9.17) is 24.3 Å². The lowest BCUT2D eigenvalue weighted by Crippen LogP contribution is -2.28. The van der Waals surface area contributed by atoms with Crippen molar-refractivity contribution in [1.82, 2.24) is 0 Å². The fourth-order valence-corrected chi connectivity index (χ4v) is 6.23. The van der Waals surface area contributed by atoms with Crippen LogP contribution in [0.4, 0.5) is 0 Å². The predicted molar refractivity (Wildman–Crippen MR) is 187 cm³/mol. The number of rotatable bonds is 37. The molecule has 0 aliphatic heterocycles. The van der Waals surface area contributed by atoms with Gasteiger partial charge in [0.1, 0.15) is 6.10 Å². The number of phosphoric acid groups is 1. The van der Waals surface area contributed by atoms with Crippen LogP contribution in [0.2, 0.25) is 0 Å². The van der Waals surface area contributed by atoms with Crippen molar-refractivity contribution in [1.29, 1.82) is 0 Å². The second-order valence-corrected chi connectivity index (χ2v) is 14.3. The van der Waals surface area contributed by atoms with Gasteiger partial charge in [-0.25, -0.2) is 4.57 Å². The summed E-state index contributed by atoms with van der Waals surface area (Å²) < 4.78 is 33.3. The SMILES string of the molecule is CCCCCCCCCCCCCCCCCC(=O)OC(COCCCCCCCCCCCCC)COP(=O)(O)OCCN. The molecule has 0 radical (unpaired) electrons. The second kappa shape index (κ2) is 34.8. The number of ether oxygens (including phenoxy) is 2. The van der Waals surface area contributed by atoms with E-state index in [1.165, 1.54) is 135 Å². The number of nitrogens with two attached hydrogens (primary N) is 1. The Morgan fingerprint density at radius 3 is 1.40 bits per heavy atom. The van der Waals surface area contributed by atoms with Gasteiger partial charge in [-0.3, -0.25) is 13.8 Å². The van der Waals surface area contributed by atoms with Crippen LogP contribution < -0.4 is 5.73 Å². The zero-order valence-corrected chi connectivity index (χ0v) is 30.5. The zero-order chi connectivity index (χ0) is 33.1. The Morgan fingerprint density at radius 2 is 0.978 bits per heavy atom. The number of carbonyl (C=O) groups is 1. The van der Waals surface area contributed by atoms with Crippen molar-refractivity contribution in [2.75, 3.05) is 33.0 Å². The van der Waals surface area contributed by atoms with Gasteiger partial charge in [-0.15, -0.1) is 0 Å². The van der Waals surface area contributed by atoms with E-state index in [2.05, 4.69) is 13.8 Å². The summed E-state index contributed by atoms with van der Waals surface area (Å²) >= 11 is 0. The van der Waals surface area contributed by atoms with Gasteiger partial charge in [0.15, 0.2) is 0 Å². The topological polar surface area (TPSA) is 117 Å². The monoisotopic (exact) mass is 664 g/mol. The number of carbonyl (C=O) groups excluding carboxylic acids is 1. The number of phosphoric ester groups is 1. The van der Waals surface area contributed by atoms with Crippen molar-refractivity contribution in [3.63, 3.8) is 0 Å². The van der Waals surface area contributed by atoms with Gasteiger partial charge in [-0.05, 0) is 12.8 Å². The highest BCUT2D eigenvalue weighted by Gasteiger charge is 2.25. The molecule has 0 heterocycles. The van der Waals surface area contributed by atoms with E-state index in [0.29, 0.717) is 13.0 Å². The van der Waals surface area contributed by atoms with Gasteiger partial charge in [-0.2, -0.15) is 0 Å². The molecule has 8 nitrogen and oxygen atoms in total. The summed E-state index contributed by atoms with van der Waals surface area (Å²) in [4.78, 5) is 22.3. The molecule has 270 valence electrons. The van der Waals surface area contributed by atoms with E-state index in [9.17, 15) is 14.3 Å². The zero-order valence-electron chi connectivity index (χ0n) is 29.6. The molecule has 0 amide bonds. The van der Waals surface area contributed by atoms with Crippen LogP contribution in [0, 0.1) is 0 Å². The Morgan fingerprint density at radius 1 is 0.578 bits per heavy atom. The fourth-order valence-electron chi connectivity index (χ4n) is 5.47. The van der Waals surface area contributed by atoms with Crippen molar-refractivity contribution < 1.29 is 32.8 Å². The summed E-state index contributed by atoms with van der Waals surface area (Å²) in [5, 5.41) is 0. The van der Waals surface area contributed by atoms with E-state index >= 15 is 0 Å². The highest BCUT2D eigenvalue weighted by molar-refractivity contribution is 7.47. The van der Waals surface area contributed by atoms with Crippen molar-refractivity contribution in [3.05, 3.63) is 0 Å². The smallest absolute Gasteiger partial charge is 0.457 e. The molecular weight excluding hydrogens is 589 g/mol. The Balaban J connectivity index is 4.04. The lowest BCUT2D eigenvalue weighted by molar-refractivity contribution is -0.154. The van der Waals surface area contributed by atoms with Crippen molar-refractivity contribution in [2.45, 2.75) is 193 Å². The molecule has 0 aliphatic carbocycles. The molecule has 0 aromatic rings. The van der Waals surface area contributed by atoms with E-state index in [1.807, 2.05) is 0 Å². The maximum atomic E-state index is 12.5. The van der Waals surface area contributed by atoms with Gasteiger partial charge in [0, 0.05) is 19.6 Å². The number of unbranched alkanes of at least 4 members (excludes halogenated alkanes) is 24. The van der Waals surface area contributed by atoms with Gasteiger partial charge in [-0.1, -0.05) is 168 Å². The first-order valence-electron chi connectivity index (χ1n) is 19.0. The molecule has 45 heavy (non-hydrogen) atoms. The third-order valence-electron chi connectivity index (χ3n) is 8.27. The summed E-state index contributed by atoms with van der Waals surface area (Å²) in [7, 11) is -4.26. The minimum atomic E-state index is -4.26. The fraction of sp³-hybridized carbons (Fsp3) is 0.972. The Bertz CT molecular complexity index is 667. The molecular formula is C36H74NO7P. The van der Waals surface area contributed by atoms with Crippen LogP contribution in [-0.4, -0.2) is 49.9 Å². The molecule has 2 unspecified atom stereocenters. The Labute approximate surface area is 278 Å². The van der Waals surface area contributed by atoms with E-state index in [1.54, 1.807) is 0 Å². The van der Waals surface area contributed by atoms with Crippen LogP contribution in [0.5, 0.6) is 0 Å². The summed E-state index contributed by atoms with van der Waals surface area (Å²) in [5.41, 5.74) is 5.35. The average molecular weight is 664 g/mol. The molecule has 0 aromatic heterocycles. The first-order valence-corrected chi connectivity index (χ1v) is 20.5. The van der Waals surface area contributed by atoms with Gasteiger partial charge in [0.25, 0.3) is 0 Å². The lowest BCUT2D eigenvalue weighted by atomic mass is 10.0. The van der Waals surface area contributed by atoms with Crippen molar-refractivity contribution in [2.24, 2.45) is 5.73 Å². The molecule has 0 saturated carbocycles. The van der Waals surface area contributed by atoms with E-state index < -0.39 is 13.9 Å². The number of hydrogen-bond acceptors (Lipinski definition) is 7. The first-order chi connectivity index (χ1) is 21.9. The molecule has 3 N–H and O–H groups in total. The third kappa shape index (κ3) is 34.6. The quantitative estimate of drug-likeness (QED) is 0.0383. The summed E-state index contributed by atoms with van der Waals surface area (Å²) in [5.74, 6) is -0.327. The highest BCUT2D eigenvalue weighted by atomic mass is 31.2. The largest absolute Gasteiger partial charge is 0.472 e. The van der Waals surface area contributed by atoms with Crippen LogP contribution in [0.15, 0.2) is 0 Å². The van der Waals surface area contributed by atoms with Gasteiger partial charge >= 0.3 is 13.8 Å². The van der Waals surface area contributed by atoms with Gasteiger partial charge in [0.05, 0.1) is 19.8 Å². The molecule has 0 rings (SSSR count). The first kappa shape index (κ1) is 44.5. The van der Waals surface area contributed by atoms with Crippen LogP contribution in [0.25, 0.3) is 0 Å². The van der Waals surface area contributed by atoms with Gasteiger partial charge in [0.2, 0.25) is 0 Å². The van der Waals surface area contributed by atoms with Crippen LogP contribution in [-0.2, 0) is 27.9 Å². The third-order valence-corrected chi connectivity index (χ3v) is 9.26. The molecule has 9 heteroatoms. The molecule has 0 fully saturated rings. The standard InChI is InChI=1S/C36H74NO7P/c1-3-5-7-9-11-13-15-16-17-18-19-21-23-25-27-29-36(38)44-35(34-43-45(39,40)42-32-30-37)33-41-31-28-26-24-22-20-14-12-10-8-6-4-2/h35H,3-34,37H2,1-2H3,(H,39,40). The maximum absolute atomic E-state index is 12.5. The molecule has 0 spiro atoms.